The van der Waals surface area contributed by atoms with Gasteiger partial charge in [0, 0.05) is 17.2 Å². The number of hydrogen-bond donors (Lipinski definition) is 0. The van der Waals surface area contributed by atoms with E-state index >= 15 is 0 Å². The van der Waals surface area contributed by atoms with Crippen molar-refractivity contribution < 1.29 is 27.7 Å². The van der Waals surface area contributed by atoms with E-state index in [1.54, 1.807) is 27.7 Å². The van der Waals surface area contributed by atoms with Crippen LogP contribution in [0.1, 0.15) is 54.0 Å². The van der Waals surface area contributed by atoms with Crippen LogP contribution in [0.5, 0.6) is 0 Å². The summed E-state index contributed by atoms with van der Waals surface area (Å²) in [5.41, 5.74) is -0.632. The van der Waals surface area contributed by atoms with Gasteiger partial charge in [-0.15, -0.1) is 0 Å². The Labute approximate surface area is 180 Å². The molecule has 31 heavy (non-hydrogen) atoms. The second kappa shape index (κ2) is 8.84. The van der Waals surface area contributed by atoms with Crippen molar-refractivity contribution in [2.45, 2.75) is 33.1 Å². The maximum atomic E-state index is 13.1. The van der Waals surface area contributed by atoms with Crippen LogP contribution in [0.25, 0.3) is 0 Å². The standard InChI is InChI=1S/C21H24N2O7S/c1-6-30-20(25)15-8-7-9-16(12-15)22(31(5,28)29)19(24)14-10-11-17(21(2,3)4)18(13-14)23(26)27/h7-13H,6H2,1-5H3. The minimum Gasteiger partial charge on any atom is -0.462 e. The number of carbonyl (C=O) groups is 2. The molecule has 166 valence electrons. The smallest absolute Gasteiger partial charge is 0.338 e. The summed E-state index contributed by atoms with van der Waals surface area (Å²) in [4.78, 5) is 36.1. The first kappa shape index (κ1) is 24.0. The third-order valence-electron chi connectivity index (χ3n) is 4.36. The number of nitro benzene ring substituents is 1. The van der Waals surface area contributed by atoms with Crippen LogP contribution in [0.15, 0.2) is 42.5 Å². The Morgan fingerprint density at radius 2 is 1.74 bits per heavy atom. The number of nitro groups is 1. The number of benzene rings is 2. The van der Waals surface area contributed by atoms with Crippen LogP contribution in [-0.4, -0.2) is 38.1 Å². The molecule has 0 aliphatic carbocycles. The van der Waals surface area contributed by atoms with Crippen molar-refractivity contribution in [3.8, 4) is 0 Å². The summed E-state index contributed by atoms with van der Waals surface area (Å²) in [7, 11) is -4.13. The van der Waals surface area contributed by atoms with Crippen LogP contribution in [0, 0.1) is 10.1 Å². The molecular weight excluding hydrogens is 424 g/mol. The van der Waals surface area contributed by atoms with Crippen molar-refractivity contribution in [3.63, 3.8) is 0 Å². The van der Waals surface area contributed by atoms with E-state index in [9.17, 15) is 28.1 Å². The first-order chi connectivity index (χ1) is 14.3. The fourth-order valence-electron chi connectivity index (χ4n) is 3.00. The first-order valence-corrected chi connectivity index (χ1v) is 11.2. The van der Waals surface area contributed by atoms with E-state index in [1.165, 1.54) is 36.4 Å². The predicted octanol–water partition coefficient (Wildman–Crippen LogP) is 3.68. The van der Waals surface area contributed by atoms with Crippen LogP contribution in [0.2, 0.25) is 0 Å². The maximum Gasteiger partial charge on any atom is 0.338 e. The number of ether oxygens (including phenoxy) is 1. The van der Waals surface area contributed by atoms with E-state index in [0.29, 0.717) is 9.87 Å². The molecule has 2 rings (SSSR count). The average molecular weight is 448 g/mol. The number of esters is 1. The Kier molecular flexibility index (Phi) is 6.85. The lowest BCUT2D eigenvalue weighted by atomic mass is 9.85. The van der Waals surface area contributed by atoms with Gasteiger partial charge in [-0.25, -0.2) is 17.5 Å². The van der Waals surface area contributed by atoms with Gasteiger partial charge in [0.15, 0.2) is 0 Å². The van der Waals surface area contributed by atoms with Gasteiger partial charge in [-0.1, -0.05) is 32.9 Å². The van der Waals surface area contributed by atoms with Crippen LogP contribution in [0.3, 0.4) is 0 Å². The zero-order valence-electron chi connectivity index (χ0n) is 17.9. The van der Waals surface area contributed by atoms with Crippen molar-refractivity contribution >= 4 is 33.3 Å². The summed E-state index contributed by atoms with van der Waals surface area (Å²) in [6.45, 7) is 7.13. The summed E-state index contributed by atoms with van der Waals surface area (Å²) >= 11 is 0. The van der Waals surface area contributed by atoms with Crippen LogP contribution in [0.4, 0.5) is 11.4 Å². The van der Waals surface area contributed by atoms with E-state index in [-0.39, 0.29) is 29.1 Å². The van der Waals surface area contributed by atoms with Gasteiger partial charge < -0.3 is 4.74 Å². The number of anilines is 1. The molecule has 0 heterocycles. The zero-order chi connectivity index (χ0) is 23.6. The summed E-state index contributed by atoms with van der Waals surface area (Å²) in [6, 6.07) is 9.27. The molecule has 0 N–H and O–H groups in total. The second-order valence-electron chi connectivity index (χ2n) is 7.84. The molecule has 2 aromatic rings. The Balaban J connectivity index is 2.61. The molecule has 0 unspecified atom stereocenters. The normalized spacial score (nSPS) is 11.6. The van der Waals surface area contributed by atoms with E-state index < -0.39 is 32.2 Å². The number of sulfonamides is 1. The van der Waals surface area contributed by atoms with E-state index in [0.717, 1.165) is 12.3 Å². The number of rotatable bonds is 6. The molecule has 0 saturated carbocycles. The van der Waals surface area contributed by atoms with Gasteiger partial charge in [0.2, 0.25) is 10.0 Å². The number of hydrogen-bond acceptors (Lipinski definition) is 7. The lowest BCUT2D eigenvalue weighted by Crippen LogP contribution is -2.36. The highest BCUT2D eigenvalue weighted by molar-refractivity contribution is 7.92. The highest BCUT2D eigenvalue weighted by Gasteiger charge is 2.31. The predicted molar refractivity (Wildman–Crippen MR) is 116 cm³/mol. The largest absolute Gasteiger partial charge is 0.462 e. The second-order valence-corrected chi connectivity index (χ2v) is 9.67. The van der Waals surface area contributed by atoms with Gasteiger partial charge in [-0.3, -0.25) is 14.9 Å². The molecule has 0 radical (unpaired) electrons. The monoisotopic (exact) mass is 448 g/mol. The lowest BCUT2D eigenvalue weighted by Gasteiger charge is -2.22. The van der Waals surface area contributed by atoms with Crippen molar-refractivity contribution in [1.82, 2.24) is 0 Å². The number of carbonyl (C=O) groups excluding carboxylic acids is 2. The Bertz CT molecular complexity index is 1130. The summed E-state index contributed by atoms with van der Waals surface area (Å²) in [5, 5.41) is 11.6. The van der Waals surface area contributed by atoms with Crippen molar-refractivity contribution in [2.24, 2.45) is 0 Å². The van der Waals surface area contributed by atoms with E-state index in [1.807, 2.05) is 0 Å². The van der Waals surface area contributed by atoms with E-state index in [4.69, 9.17) is 4.74 Å². The fraction of sp³-hybridized carbons (Fsp3) is 0.333. The highest BCUT2D eigenvalue weighted by Crippen LogP contribution is 2.33. The number of nitrogens with zero attached hydrogens (tertiary/aromatic N) is 2. The van der Waals surface area contributed by atoms with Crippen LogP contribution >= 0.6 is 0 Å². The van der Waals surface area contributed by atoms with Gasteiger partial charge in [-0.05, 0) is 36.6 Å². The summed E-state index contributed by atoms with van der Waals surface area (Å²) < 4.78 is 30.3. The Morgan fingerprint density at radius 1 is 1.10 bits per heavy atom. The molecule has 9 nitrogen and oxygen atoms in total. The molecule has 0 atom stereocenters. The van der Waals surface area contributed by atoms with E-state index in [2.05, 4.69) is 0 Å². The third kappa shape index (κ3) is 5.46. The quantitative estimate of drug-likeness (QED) is 0.375. The highest BCUT2D eigenvalue weighted by atomic mass is 32.2. The maximum absolute atomic E-state index is 13.1. The van der Waals surface area contributed by atoms with Crippen molar-refractivity contribution in [3.05, 3.63) is 69.3 Å². The molecular formula is C21H24N2O7S. The average Bonchev–Trinajstić information content (AvgIpc) is 2.66. The SMILES string of the molecule is CCOC(=O)c1cccc(N(C(=O)c2ccc(C(C)(C)C)c([N+](=O)[O-])c2)S(C)(=O)=O)c1. The molecule has 0 fully saturated rings. The topological polar surface area (TPSA) is 124 Å². The molecule has 10 heteroatoms. The molecule has 0 bridgehead atoms. The van der Waals surface area contributed by atoms with Crippen LogP contribution < -0.4 is 4.31 Å². The Morgan fingerprint density at radius 3 is 2.26 bits per heavy atom. The van der Waals surface area contributed by atoms with Gasteiger partial charge in [0.25, 0.3) is 11.6 Å². The molecule has 0 saturated heterocycles. The molecule has 0 aromatic heterocycles. The molecule has 0 aliphatic rings. The molecule has 2 aromatic carbocycles. The van der Waals surface area contributed by atoms with Gasteiger partial charge >= 0.3 is 5.97 Å². The van der Waals surface area contributed by atoms with Crippen LogP contribution in [-0.2, 0) is 20.2 Å². The van der Waals surface area contributed by atoms with Crippen molar-refractivity contribution in [1.29, 1.82) is 0 Å². The van der Waals surface area contributed by atoms with Gasteiger partial charge in [0.1, 0.15) is 0 Å². The molecule has 0 aliphatic heterocycles. The minimum atomic E-state index is -4.13. The fourth-order valence-corrected chi connectivity index (χ4v) is 3.90. The number of amides is 1. The van der Waals surface area contributed by atoms with Gasteiger partial charge in [-0.2, -0.15) is 0 Å². The third-order valence-corrected chi connectivity index (χ3v) is 5.40. The lowest BCUT2D eigenvalue weighted by molar-refractivity contribution is -0.386. The molecule has 1 amide bonds. The molecule has 0 spiro atoms. The van der Waals surface area contributed by atoms with Crippen molar-refractivity contribution in [2.75, 3.05) is 17.2 Å². The van der Waals surface area contributed by atoms with Gasteiger partial charge in [0.05, 0.1) is 29.0 Å². The summed E-state index contributed by atoms with van der Waals surface area (Å²) in [6.07, 6.45) is 0.833. The Hall–Kier alpha value is -3.27. The zero-order valence-corrected chi connectivity index (χ0v) is 18.7. The minimum absolute atomic E-state index is 0.0647. The summed E-state index contributed by atoms with van der Waals surface area (Å²) in [5.74, 6) is -1.65. The first-order valence-electron chi connectivity index (χ1n) is 9.38.